The summed E-state index contributed by atoms with van der Waals surface area (Å²) < 4.78 is 110. The summed E-state index contributed by atoms with van der Waals surface area (Å²) in [6.07, 6.45) is -10.4. The van der Waals surface area contributed by atoms with Crippen molar-refractivity contribution in [2.45, 2.75) is 30.1 Å². The van der Waals surface area contributed by atoms with Crippen LogP contribution < -0.4 is 9.64 Å². The molecule has 0 saturated carbocycles. The van der Waals surface area contributed by atoms with Crippen molar-refractivity contribution in [2.75, 3.05) is 23.5 Å². The minimum Gasteiger partial charge on any atom is -0.497 e. The summed E-state index contributed by atoms with van der Waals surface area (Å²) in [6, 6.07) is 6.48. The molecular weight excluding hydrogens is 534 g/mol. The number of halogens is 6. The van der Waals surface area contributed by atoms with E-state index in [1.54, 1.807) is 24.3 Å². The summed E-state index contributed by atoms with van der Waals surface area (Å²) in [5, 5.41) is -0.850. The minimum atomic E-state index is -5.09. The van der Waals surface area contributed by atoms with Crippen LogP contribution in [0.5, 0.6) is 5.75 Å². The SMILES string of the molecule is COc1ccc(CC(=O)N=C2SC3CS(=O)(=O)CC3N2c2cc(C(F)(F)F)cc(C(F)(F)F)c2)cc1. The van der Waals surface area contributed by atoms with Crippen molar-refractivity contribution in [3.05, 3.63) is 59.2 Å². The van der Waals surface area contributed by atoms with Crippen molar-refractivity contribution in [2.24, 2.45) is 4.99 Å². The Bertz CT molecular complexity index is 1280. The average Bonchev–Trinajstić information content (AvgIpc) is 3.23. The fourth-order valence-corrected chi connectivity index (χ4v) is 7.94. The number of methoxy groups -OCH3 is 1. The Morgan fingerprint density at radius 2 is 1.61 bits per heavy atom. The van der Waals surface area contributed by atoms with Gasteiger partial charge in [-0.15, -0.1) is 0 Å². The zero-order valence-electron chi connectivity index (χ0n) is 18.4. The number of benzene rings is 2. The Hall–Kier alpha value is -2.74. The first-order chi connectivity index (χ1) is 16.7. The number of carbonyl (C=O) groups is 1. The zero-order valence-corrected chi connectivity index (χ0v) is 20.1. The number of ether oxygens (including phenoxy) is 1. The number of hydrogen-bond acceptors (Lipinski definition) is 5. The maximum atomic E-state index is 13.4. The molecule has 194 valence electrons. The van der Waals surface area contributed by atoms with E-state index in [0.717, 1.165) is 16.7 Å². The van der Waals surface area contributed by atoms with Crippen LogP contribution in [-0.2, 0) is 33.4 Å². The lowest BCUT2D eigenvalue weighted by Crippen LogP contribution is -2.38. The number of sulfone groups is 1. The highest BCUT2D eigenvalue weighted by atomic mass is 32.2. The molecule has 2 aliphatic heterocycles. The zero-order chi connectivity index (χ0) is 26.5. The quantitative estimate of drug-likeness (QED) is 0.518. The van der Waals surface area contributed by atoms with Gasteiger partial charge in [0.1, 0.15) is 5.75 Å². The first-order valence-corrected chi connectivity index (χ1v) is 13.1. The molecule has 14 heteroatoms. The smallest absolute Gasteiger partial charge is 0.416 e. The molecule has 1 amide bonds. The van der Waals surface area contributed by atoms with E-state index >= 15 is 0 Å². The maximum Gasteiger partial charge on any atom is 0.416 e. The predicted octanol–water partition coefficient (Wildman–Crippen LogP) is 4.58. The molecule has 2 atom stereocenters. The van der Waals surface area contributed by atoms with Crippen molar-refractivity contribution < 1.29 is 44.3 Å². The molecule has 2 aromatic carbocycles. The fourth-order valence-electron chi connectivity index (χ4n) is 4.01. The van der Waals surface area contributed by atoms with Gasteiger partial charge in [-0.1, -0.05) is 23.9 Å². The third-order valence-electron chi connectivity index (χ3n) is 5.65. The summed E-state index contributed by atoms with van der Waals surface area (Å²) in [5.74, 6) is -0.976. The molecule has 0 aromatic heterocycles. The number of fused-ring (bicyclic) bond motifs is 1. The number of nitrogens with zero attached hydrogens (tertiary/aromatic N) is 2. The lowest BCUT2D eigenvalue weighted by molar-refractivity contribution is -0.143. The van der Waals surface area contributed by atoms with Crippen molar-refractivity contribution >= 4 is 38.4 Å². The number of hydrogen-bond donors (Lipinski definition) is 0. The second-order valence-corrected chi connectivity index (χ2v) is 11.6. The molecule has 2 unspecified atom stereocenters. The van der Waals surface area contributed by atoms with E-state index in [-0.39, 0.29) is 23.4 Å². The van der Waals surface area contributed by atoms with Gasteiger partial charge < -0.3 is 9.64 Å². The van der Waals surface area contributed by atoms with E-state index in [2.05, 4.69) is 4.99 Å². The van der Waals surface area contributed by atoms with E-state index in [9.17, 15) is 39.6 Å². The summed E-state index contributed by atoms with van der Waals surface area (Å²) in [4.78, 5) is 17.6. The van der Waals surface area contributed by atoms with Crippen LogP contribution in [0.4, 0.5) is 32.0 Å². The molecule has 6 nitrogen and oxygen atoms in total. The van der Waals surface area contributed by atoms with Crippen molar-refractivity contribution in [3.63, 3.8) is 0 Å². The number of aliphatic imine (C=N–C) groups is 1. The van der Waals surface area contributed by atoms with E-state index in [0.29, 0.717) is 23.4 Å². The van der Waals surface area contributed by atoms with E-state index in [4.69, 9.17) is 4.74 Å². The summed E-state index contributed by atoms with van der Waals surface area (Å²) in [7, 11) is -2.12. The number of rotatable bonds is 4. The van der Waals surface area contributed by atoms with Crippen LogP contribution in [0, 0.1) is 0 Å². The molecule has 2 aromatic rings. The van der Waals surface area contributed by atoms with Gasteiger partial charge in [0.2, 0.25) is 0 Å². The number of amides is 1. The molecule has 0 aliphatic carbocycles. The van der Waals surface area contributed by atoms with Gasteiger partial charge in [0.25, 0.3) is 5.91 Å². The highest BCUT2D eigenvalue weighted by Crippen LogP contribution is 2.44. The summed E-state index contributed by atoms with van der Waals surface area (Å²) in [5.41, 5.74) is -3.08. The minimum absolute atomic E-state index is 0.0127. The summed E-state index contributed by atoms with van der Waals surface area (Å²) >= 11 is 0.852. The lowest BCUT2D eigenvalue weighted by atomic mass is 10.1. The number of amidine groups is 1. The van der Waals surface area contributed by atoms with Crippen LogP contribution in [0.2, 0.25) is 0 Å². The van der Waals surface area contributed by atoms with Gasteiger partial charge in [-0.05, 0) is 35.9 Å². The molecule has 2 aliphatic rings. The van der Waals surface area contributed by atoms with Crippen LogP contribution in [0.1, 0.15) is 16.7 Å². The molecule has 0 bridgehead atoms. The van der Waals surface area contributed by atoms with E-state index in [1.807, 2.05) is 0 Å². The Morgan fingerprint density at radius 3 is 2.14 bits per heavy atom. The Kier molecular flexibility index (Phi) is 6.79. The third-order valence-corrected chi connectivity index (χ3v) is 8.86. The normalized spacial score (nSPS) is 22.6. The van der Waals surface area contributed by atoms with Crippen molar-refractivity contribution in [1.82, 2.24) is 0 Å². The highest BCUT2D eigenvalue weighted by molar-refractivity contribution is 8.16. The van der Waals surface area contributed by atoms with E-state index in [1.165, 1.54) is 7.11 Å². The fraction of sp³-hybridized carbons (Fsp3) is 0.364. The first kappa shape index (κ1) is 26.3. The topological polar surface area (TPSA) is 76.0 Å². The van der Waals surface area contributed by atoms with Gasteiger partial charge in [-0.25, -0.2) is 8.42 Å². The predicted molar refractivity (Wildman–Crippen MR) is 122 cm³/mol. The van der Waals surface area contributed by atoms with Gasteiger partial charge >= 0.3 is 12.4 Å². The van der Waals surface area contributed by atoms with Crippen LogP contribution in [0.15, 0.2) is 47.5 Å². The van der Waals surface area contributed by atoms with E-state index < -0.39 is 62.0 Å². The van der Waals surface area contributed by atoms with Crippen LogP contribution in [0.25, 0.3) is 0 Å². The molecular formula is C22H18F6N2O4S2. The van der Waals surface area contributed by atoms with Gasteiger partial charge in [-0.2, -0.15) is 31.3 Å². The van der Waals surface area contributed by atoms with Crippen LogP contribution in [-0.4, -0.2) is 49.4 Å². The Morgan fingerprint density at radius 1 is 1.03 bits per heavy atom. The molecule has 4 rings (SSSR count). The number of anilines is 1. The molecule has 2 saturated heterocycles. The largest absolute Gasteiger partial charge is 0.497 e. The Labute approximate surface area is 206 Å². The van der Waals surface area contributed by atoms with Crippen LogP contribution >= 0.6 is 11.8 Å². The molecule has 0 radical (unpaired) electrons. The monoisotopic (exact) mass is 552 g/mol. The van der Waals surface area contributed by atoms with Gasteiger partial charge in [-0.3, -0.25) is 4.79 Å². The van der Waals surface area contributed by atoms with Crippen molar-refractivity contribution in [3.8, 4) is 5.75 Å². The standard InChI is InChI=1S/C22H18F6N2O4S2/c1-34-16-4-2-12(3-5-16)6-19(31)29-20-30(17-10-36(32,33)11-18(17)35-20)15-8-13(21(23,24)25)7-14(9-15)22(26,27)28/h2-5,7-9,17-18H,6,10-11H2,1H3. The van der Waals surface area contributed by atoms with Gasteiger partial charge in [0.05, 0.1) is 42.2 Å². The Balaban J connectivity index is 1.75. The number of carbonyl (C=O) groups excluding carboxylic acids is 1. The van der Waals surface area contributed by atoms with Crippen LogP contribution in [0.3, 0.4) is 0 Å². The second-order valence-electron chi connectivity index (χ2n) is 8.25. The van der Waals surface area contributed by atoms with Crippen molar-refractivity contribution in [1.29, 1.82) is 0 Å². The first-order valence-electron chi connectivity index (χ1n) is 10.4. The second kappa shape index (κ2) is 9.29. The number of alkyl halides is 6. The highest BCUT2D eigenvalue weighted by Gasteiger charge is 2.50. The third kappa shape index (κ3) is 5.64. The lowest BCUT2D eigenvalue weighted by Gasteiger charge is -2.26. The molecule has 2 fully saturated rings. The molecule has 2 heterocycles. The maximum absolute atomic E-state index is 13.4. The molecule has 36 heavy (non-hydrogen) atoms. The van der Waals surface area contributed by atoms with Gasteiger partial charge in [0, 0.05) is 10.9 Å². The summed E-state index contributed by atoms with van der Waals surface area (Å²) in [6.45, 7) is 0. The molecule has 0 N–H and O–H groups in total. The number of thioether (sulfide) groups is 1. The average molecular weight is 553 g/mol. The van der Waals surface area contributed by atoms with Gasteiger partial charge in [0.15, 0.2) is 15.0 Å². The molecule has 0 spiro atoms.